The minimum atomic E-state index is 0.667. The van der Waals surface area contributed by atoms with Gasteiger partial charge in [-0.3, -0.25) is 0 Å². The van der Waals surface area contributed by atoms with E-state index in [1.54, 1.807) is 0 Å². The van der Waals surface area contributed by atoms with Gasteiger partial charge in [0.05, 0.1) is 0 Å². The van der Waals surface area contributed by atoms with Gasteiger partial charge in [0, 0.05) is 6.04 Å². The predicted octanol–water partition coefficient (Wildman–Crippen LogP) is 3.86. The van der Waals surface area contributed by atoms with E-state index in [2.05, 4.69) is 45.1 Å². The highest BCUT2D eigenvalue weighted by Crippen LogP contribution is 2.26. The lowest BCUT2D eigenvalue weighted by molar-refractivity contribution is 0.590. The fourth-order valence-electron chi connectivity index (χ4n) is 2.46. The zero-order chi connectivity index (χ0) is 12.4. The first kappa shape index (κ1) is 12.6. The summed E-state index contributed by atoms with van der Waals surface area (Å²) in [7, 11) is 0. The highest BCUT2D eigenvalue weighted by atomic mass is 14.9. The van der Waals surface area contributed by atoms with Gasteiger partial charge in [0.15, 0.2) is 0 Å². The van der Waals surface area contributed by atoms with E-state index in [0.29, 0.717) is 5.92 Å². The molecule has 0 bridgehead atoms. The molecule has 1 saturated carbocycles. The van der Waals surface area contributed by atoms with Crippen LogP contribution in [0.5, 0.6) is 0 Å². The Morgan fingerprint density at radius 2 is 1.76 bits per heavy atom. The molecule has 0 aliphatic heterocycles. The van der Waals surface area contributed by atoms with Crippen molar-refractivity contribution in [3.8, 4) is 0 Å². The van der Waals surface area contributed by atoms with Gasteiger partial charge in [-0.2, -0.15) is 0 Å². The molecule has 0 heterocycles. The summed E-state index contributed by atoms with van der Waals surface area (Å²) in [5.74, 6) is 0.667. The molecule has 1 nitrogen and oxygen atoms in total. The third-order valence-corrected chi connectivity index (χ3v) is 4.00. The average Bonchev–Trinajstić information content (AvgIpc) is 3.07. The molecule has 1 aromatic carbocycles. The van der Waals surface area contributed by atoms with Crippen molar-refractivity contribution in [1.29, 1.82) is 0 Å². The number of hydrogen-bond donors (Lipinski definition) is 1. The second-order valence-electron chi connectivity index (χ2n) is 5.71. The van der Waals surface area contributed by atoms with Crippen LogP contribution in [0.15, 0.2) is 12.1 Å². The van der Waals surface area contributed by atoms with Gasteiger partial charge < -0.3 is 5.32 Å². The smallest absolute Gasteiger partial charge is 0.00682 e. The van der Waals surface area contributed by atoms with Crippen LogP contribution in [-0.2, 0) is 0 Å². The summed E-state index contributed by atoms with van der Waals surface area (Å²) in [6.07, 6.45) is 4.02. The molecule has 0 spiro atoms. The molecule has 1 fully saturated rings. The molecule has 1 N–H and O–H groups in total. The van der Waals surface area contributed by atoms with E-state index in [1.807, 2.05) is 0 Å². The first-order chi connectivity index (χ1) is 8.08. The Morgan fingerprint density at radius 1 is 1.12 bits per heavy atom. The van der Waals surface area contributed by atoms with Crippen LogP contribution in [0.25, 0.3) is 0 Å². The lowest BCUT2D eigenvalue weighted by Gasteiger charge is -2.17. The molecule has 1 unspecified atom stereocenters. The molecule has 1 atom stereocenters. The molecule has 1 aromatic rings. The third kappa shape index (κ3) is 3.32. The van der Waals surface area contributed by atoms with E-state index in [9.17, 15) is 0 Å². The fourth-order valence-corrected chi connectivity index (χ4v) is 2.46. The summed E-state index contributed by atoms with van der Waals surface area (Å²) >= 11 is 0. The standard InChI is InChI=1S/C16H25N/c1-11(7-8-17-15-5-6-15)16-10-13(3)12(2)9-14(16)4/h9-11,15,17H,5-8H2,1-4H3. The van der Waals surface area contributed by atoms with E-state index < -0.39 is 0 Å². The minimum Gasteiger partial charge on any atom is -0.314 e. The summed E-state index contributed by atoms with van der Waals surface area (Å²) in [4.78, 5) is 0. The maximum atomic E-state index is 3.60. The van der Waals surface area contributed by atoms with Crippen LogP contribution in [0.3, 0.4) is 0 Å². The van der Waals surface area contributed by atoms with Crippen LogP contribution in [0.4, 0.5) is 0 Å². The van der Waals surface area contributed by atoms with Gasteiger partial charge in [0.25, 0.3) is 0 Å². The molecule has 0 saturated heterocycles. The zero-order valence-electron chi connectivity index (χ0n) is 11.6. The van der Waals surface area contributed by atoms with E-state index in [4.69, 9.17) is 0 Å². The van der Waals surface area contributed by atoms with Crippen molar-refractivity contribution in [2.75, 3.05) is 6.54 Å². The minimum absolute atomic E-state index is 0.667. The van der Waals surface area contributed by atoms with E-state index in [-0.39, 0.29) is 0 Å². The van der Waals surface area contributed by atoms with E-state index in [0.717, 1.165) is 12.6 Å². The molecule has 1 aliphatic rings. The number of benzene rings is 1. The molecule has 94 valence electrons. The molecular formula is C16H25N. The second kappa shape index (κ2) is 5.22. The molecule has 1 heteroatoms. The van der Waals surface area contributed by atoms with Crippen LogP contribution in [-0.4, -0.2) is 12.6 Å². The number of aryl methyl sites for hydroxylation is 3. The molecule has 2 rings (SSSR count). The predicted molar refractivity (Wildman–Crippen MR) is 74.7 cm³/mol. The second-order valence-corrected chi connectivity index (χ2v) is 5.71. The largest absolute Gasteiger partial charge is 0.314 e. The Labute approximate surface area is 106 Å². The first-order valence-electron chi connectivity index (χ1n) is 6.89. The Balaban J connectivity index is 1.96. The van der Waals surface area contributed by atoms with Crippen molar-refractivity contribution in [3.63, 3.8) is 0 Å². The highest BCUT2D eigenvalue weighted by molar-refractivity contribution is 5.38. The third-order valence-electron chi connectivity index (χ3n) is 4.00. The lowest BCUT2D eigenvalue weighted by Crippen LogP contribution is -2.19. The maximum Gasteiger partial charge on any atom is 0.00682 e. The fraction of sp³-hybridized carbons (Fsp3) is 0.625. The van der Waals surface area contributed by atoms with Gasteiger partial charge in [0.1, 0.15) is 0 Å². The lowest BCUT2D eigenvalue weighted by atomic mass is 9.90. The van der Waals surface area contributed by atoms with E-state index >= 15 is 0 Å². The van der Waals surface area contributed by atoms with Gasteiger partial charge in [-0.15, -0.1) is 0 Å². The van der Waals surface area contributed by atoms with Gasteiger partial charge >= 0.3 is 0 Å². The summed E-state index contributed by atoms with van der Waals surface area (Å²) in [6, 6.07) is 5.55. The molecule has 0 aromatic heterocycles. The summed E-state index contributed by atoms with van der Waals surface area (Å²) in [5, 5.41) is 3.60. The first-order valence-corrected chi connectivity index (χ1v) is 6.89. The monoisotopic (exact) mass is 231 g/mol. The van der Waals surface area contributed by atoms with Gasteiger partial charge in [-0.1, -0.05) is 19.1 Å². The topological polar surface area (TPSA) is 12.0 Å². The Morgan fingerprint density at radius 3 is 2.41 bits per heavy atom. The molecular weight excluding hydrogens is 206 g/mol. The quantitative estimate of drug-likeness (QED) is 0.811. The maximum absolute atomic E-state index is 3.60. The van der Waals surface area contributed by atoms with Crippen LogP contribution < -0.4 is 5.32 Å². The number of rotatable bonds is 5. The van der Waals surface area contributed by atoms with Crippen molar-refractivity contribution in [2.24, 2.45) is 0 Å². The highest BCUT2D eigenvalue weighted by Gasteiger charge is 2.20. The van der Waals surface area contributed by atoms with Gasteiger partial charge in [-0.05, 0) is 74.8 Å². The average molecular weight is 231 g/mol. The van der Waals surface area contributed by atoms with Crippen LogP contribution in [0.2, 0.25) is 0 Å². The van der Waals surface area contributed by atoms with Gasteiger partial charge in [0.2, 0.25) is 0 Å². The molecule has 1 aliphatic carbocycles. The SMILES string of the molecule is Cc1cc(C)c(C(C)CCNC2CC2)cc1C. The van der Waals surface area contributed by atoms with Crippen molar-refractivity contribution >= 4 is 0 Å². The Hall–Kier alpha value is -0.820. The van der Waals surface area contributed by atoms with Crippen LogP contribution >= 0.6 is 0 Å². The summed E-state index contributed by atoms with van der Waals surface area (Å²) < 4.78 is 0. The summed E-state index contributed by atoms with van der Waals surface area (Å²) in [5.41, 5.74) is 5.82. The number of nitrogens with one attached hydrogen (secondary N) is 1. The number of hydrogen-bond acceptors (Lipinski definition) is 1. The normalized spacial score (nSPS) is 17.2. The summed E-state index contributed by atoms with van der Waals surface area (Å²) in [6.45, 7) is 10.2. The van der Waals surface area contributed by atoms with Crippen LogP contribution in [0.1, 0.15) is 54.4 Å². The molecule has 17 heavy (non-hydrogen) atoms. The van der Waals surface area contributed by atoms with Crippen molar-refractivity contribution < 1.29 is 0 Å². The zero-order valence-corrected chi connectivity index (χ0v) is 11.6. The molecule has 0 radical (unpaired) electrons. The van der Waals surface area contributed by atoms with Crippen LogP contribution in [0, 0.1) is 20.8 Å². The van der Waals surface area contributed by atoms with Crippen molar-refractivity contribution in [3.05, 3.63) is 34.4 Å². The molecule has 0 amide bonds. The Bertz CT molecular complexity index is 391. The van der Waals surface area contributed by atoms with Crippen molar-refractivity contribution in [1.82, 2.24) is 5.32 Å². The Kier molecular flexibility index (Phi) is 3.88. The van der Waals surface area contributed by atoms with Crippen molar-refractivity contribution in [2.45, 2.75) is 58.9 Å². The van der Waals surface area contributed by atoms with E-state index in [1.165, 1.54) is 41.5 Å². The van der Waals surface area contributed by atoms with Gasteiger partial charge in [-0.25, -0.2) is 0 Å².